The molecule has 1 unspecified atom stereocenters. The number of carbonyl (C=O) groups excluding carboxylic acids is 1. The highest BCUT2D eigenvalue weighted by atomic mass is 32.1. The zero-order valence-electron chi connectivity index (χ0n) is 16.5. The van der Waals surface area contributed by atoms with Gasteiger partial charge in [0.25, 0.3) is 5.91 Å². The molecule has 2 aromatic carbocycles. The maximum absolute atomic E-state index is 13.0. The fraction of sp³-hybridized carbons (Fsp3) is 0.273. The average Bonchev–Trinajstić information content (AvgIpc) is 3.23. The Morgan fingerprint density at radius 2 is 1.89 bits per heavy atom. The SMILES string of the molecule is CCOc1ccc(-c2nc(C(=O)N(C)C(C)c3ccccc3OC)cs2)cc1. The van der Waals surface area contributed by atoms with E-state index < -0.39 is 0 Å². The van der Waals surface area contributed by atoms with E-state index in [4.69, 9.17) is 9.47 Å². The van der Waals surface area contributed by atoms with Crippen LogP contribution in [0.4, 0.5) is 0 Å². The minimum atomic E-state index is -0.140. The predicted molar refractivity (Wildman–Crippen MR) is 112 cm³/mol. The van der Waals surface area contributed by atoms with Crippen LogP contribution < -0.4 is 9.47 Å². The standard InChI is InChI=1S/C22H24N2O3S/c1-5-27-17-12-10-16(11-13-17)21-23-19(14-28-21)22(25)24(3)15(2)18-8-6-7-9-20(18)26-4/h6-15H,5H2,1-4H3. The first kappa shape index (κ1) is 19.9. The van der Waals surface area contributed by atoms with Crippen molar-refractivity contribution in [2.75, 3.05) is 20.8 Å². The fourth-order valence-electron chi connectivity index (χ4n) is 2.94. The van der Waals surface area contributed by atoms with Crippen LogP contribution in [0.2, 0.25) is 0 Å². The molecule has 0 aliphatic carbocycles. The summed E-state index contributed by atoms with van der Waals surface area (Å²) in [4.78, 5) is 19.2. The monoisotopic (exact) mass is 396 g/mol. The van der Waals surface area contributed by atoms with Crippen LogP contribution in [-0.4, -0.2) is 36.6 Å². The molecule has 0 spiro atoms. The van der Waals surface area contributed by atoms with Gasteiger partial charge >= 0.3 is 0 Å². The number of para-hydroxylation sites is 1. The number of aromatic nitrogens is 1. The van der Waals surface area contributed by atoms with E-state index in [-0.39, 0.29) is 11.9 Å². The first-order valence-electron chi connectivity index (χ1n) is 9.14. The molecule has 6 heteroatoms. The number of carbonyl (C=O) groups is 1. The molecule has 3 aromatic rings. The Hall–Kier alpha value is -2.86. The summed E-state index contributed by atoms with van der Waals surface area (Å²) in [5.41, 5.74) is 2.37. The van der Waals surface area contributed by atoms with Crippen LogP contribution in [-0.2, 0) is 0 Å². The van der Waals surface area contributed by atoms with Crippen LogP contribution in [0.1, 0.15) is 35.9 Å². The van der Waals surface area contributed by atoms with E-state index in [2.05, 4.69) is 4.98 Å². The van der Waals surface area contributed by atoms with Gasteiger partial charge in [-0.2, -0.15) is 0 Å². The Kier molecular flexibility index (Phi) is 6.31. The zero-order valence-corrected chi connectivity index (χ0v) is 17.3. The second-order valence-electron chi connectivity index (χ2n) is 6.33. The largest absolute Gasteiger partial charge is 0.496 e. The van der Waals surface area contributed by atoms with E-state index in [1.54, 1.807) is 24.4 Å². The van der Waals surface area contributed by atoms with Gasteiger partial charge in [0, 0.05) is 23.6 Å². The highest BCUT2D eigenvalue weighted by Crippen LogP contribution is 2.30. The van der Waals surface area contributed by atoms with Gasteiger partial charge in [0.2, 0.25) is 0 Å². The number of methoxy groups -OCH3 is 1. The molecule has 1 atom stereocenters. The predicted octanol–water partition coefficient (Wildman–Crippen LogP) is 5.05. The van der Waals surface area contributed by atoms with Crippen LogP contribution in [0.3, 0.4) is 0 Å². The van der Waals surface area contributed by atoms with Crippen molar-refractivity contribution < 1.29 is 14.3 Å². The molecular formula is C22H24N2O3S. The summed E-state index contributed by atoms with van der Waals surface area (Å²) < 4.78 is 10.9. The van der Waals surface area contributed by atoms with Gasteiger partial charge in [-0.1, -0.05) is 18.2 Å². The fourth-order valence-corrected chi connectivity index (χ4v) is 3.74. The number of hydrogen-bond acceptors (Lipinski definition) is 5. The van der Waals surface area contributed by atoms with Gasteiger partial charge < -0.3 is 14.4 Å². The summed E-state index contributed by atoms with van der Waals surface area (Å²) in [6.45, 7) is 4.57. The van der Waals surface area contributed by atoms with Crippen LogP contribution in [0.5, 0.6) is 11.5 Å². The quantitative estimate of drug-likeness (QED) is 0.561. The maximum atomic E-state index is 13.0. The Morgan fingerprint density at radius 3 is 2.57 bits per heavy atom. The molecule has 1 heterocycles. The first-order chi connectivity index (χ1) is 13.5. The molecule has 28 heavy (non-hydrogen) atoms. The van der Waals surface area contributed by atoms with Gasteiger partial charge in [-0.05, 0) is 44.2 Å². The van der Waals surface area contributed by atoms with Crippen LogP contribution in [0, 0.1) is 0 Å². The van der Waals surface area contributed by atoms with Gasteiger partial charge in [-0.3, -0.25) is 4.79 Å². The Bertz CT molecular complexity index is 937. The van der Waals surface area contributed by atoms with Crippen LogP contribution in [0.25, 0.3) is 10.6 Å². The van der Waals surface area contributed by atoms with Gasteiger partial charge in [0.15, 0.2) is 0 Å². The third-order valence-electron chi connectivity index (χ3n) is 4.63. The topological polar surface area (TPSA) is 51.7 Å². The molecule has 0 fully saturated rings. The first-order valence-corrected chi connectivity index (χ1v) is 10.0. The zero-order chi connectivity index (χ0) is 20.1. The third-order valence-corrected chi connectivity index (χ3v) is 5.52. The summed E-state index contributed by atoms with van der Waals surface area (Å²) in [6.07, 6.45) is 0. The van der Waals surface area contributed by atoms with E-state index >= 15 is 0 Å². The second kappa shape index (κ2) is 8.89. The Morgan fingerprint density at radius 1 is 1.18 bits per heavy atom. The highest BCUT2D eigenvalue weighted by Gasteiger charge is 2.23. The normalized spacial score (nSPS) is 11.7. The molecule has 5 nitrogen and oxygen atoms in total. The summed E-state index contributed by atoms with van der Waals surface area (Å²) in [5.74, 6) is 1.47. The van der Waals surface area contributed by atoms with Crippen LogP contribution >= 0.6 is 11.3 Å². The summed E-state index contributed by atoms with van der Waals surface area (Å²) >= 11 is 1.46. The summed E-state index contributed by atoms with van der Waals surface area (Å²) in [5, 5.41) is 2.62. The Labute approximate surface area is 169 Å². The van der Waals surface area contributed by atoms with Gasteiger partial charge in [0.1, 0.15) is 22.2 Å². The van der Waals surface area contributed by atoms with E-state index in [1.165, 1.54) is 11.3 Å². The average molecular weight is 397 g/mol. The van der Waals surface area contributed by atoms with Crippen molar-refractivity contribution in [3.05, 3.63) is 65.2 Å². The molecule has 146 valence electrons. The lowest BCUT2D eigenvalue weighted by Gasteiger charge is -2.26. The number of rotatable bonds is 7. The molecule has 0 saturated heterocycles. The number of hydrogen-bond donors (Lipinski definition) is 0. The lowest BCUT2D eigenvalue weighted by Crippen LogP contribution is -2.30. The van der Waals surface area contributed by atoms with Crippen molar-refractivity contribution >= 4 is 17.2 Å². The molecular weight excluding hydrogens is 372 g/mol. The van der Waals surface area contributed by atoms with Gasteiger partial charge in [0.05, 0.1) is 19.8 Å². The van der Waals surface area contributed by atoms with E-state index in [1.807, 2.05) is 62.4 Å². The van der Waals surface area contributed by atoms with E-state index in [0.717, 1.165) is 27.6 Å². The lowest BCUT2D eigenvalue weighted by molar-refractivity contribution is 0.0736. The minimum absolute atomic E-state index is 0.119. The highest BCUT2D eigenvalue weighted by molar-refractivity contribution is 7.13. The van der Waals surface area contributed by atoms with E-state index in [9.17, 15) is 4.79 Å². The van der Waals surface area contributed by atoms with Crippen molar-refractivity contribution in [2.45, 2.75) is 19.9 Å². The molecule has 3 rings (SSSR count). The molecule has 1 amide bonds. The summed E-state index contributed by atoms with van der Waals surface area (Å²) in [6, 6.07) is 15.3. The number of thiazole rings is 1. The molecule has 0 N–H and O–H groups in total. The molecule has 0 radical (unpaired) electrons. The lowest BCUT2D eigenvalue weighted by atomic mass is 10.1. The van der Waals surface area contributed by atoms with E-state index in [0.29, 0.717) is 12.3 Å². The molecule has 0 aliphatic rings. The molecule has 0 aliphatic heterocycles. The number of benzene rings is 2. The minimum Gasteiger partial charge on any atom is -0.496 e. The van der Waals surface area contributed by atoms with Crippen molar-refractivity contribution in [3.8, 4) is 22.1 Å². The maximum Gasteiger partial charge on any atom is 0.273 e. The van der Waals surface area contributed by atoms with Crippen LogP contribution in [0.15, 0.2) is 53.9 Å². The van der Waals surface area contributed by atoms with Gasteiger partial charge in [-0.15, -0.1) is 11.3 Å². The van der Waals surface area contributed by atoms with Gasteiger partial charge in [-0.25, -0.2) is 4.98 Å². The number of nitrogens with zero attached hydrogens (tertiary/aromatic N) is 2. The summed E-state index contributed by atoms with van der Waals surface area (Å²) in [7, 11) is 3.42. The third kappa shape index (κ3) is 4.17. The van der Waals surface area contributed by atoms with Crippen molar-refractivity contribution in [1.29, 1.82) is 0 Å². The van der Waals surface area contributed by atoms with Crippen molar-refractivity contribution in [1.82, 2.24) is 9.88 Å². The number of amides is 1. The molecule has 0 bridgehead atoms. The van der Waals surface area contributed by atoms with Crippen molar-refractivity contribution in [2.24, 2.45) is 0 Å². The Balaban J connectivity index is 1.77. The smallest absolute Gasteiger partial charge is 0.273 e. The number of ether oxygens (including phenoxy) is 2. The molecule has 1 aromatic heterocycles. The second-order valence-corrected chi connectivity index (χ2v) is 7.19. The van der Waals surface area contributed by atoms with Crippen molar-refractivity contribution in [3.63, 3.8) is 0 Å². The molecule has 0 saturated carbocycles.